The van der Waals surface area contributed by atoms with Gasteiger partial charge in [0.25, 0.3) is 0 Å². The number of piperidine rings is 1. The largest absolute Gasteiger partial charge is 0.490 e. The number of halogens is 4. The molecule has 0 unspecified atom stereocenters. The highest BCUT2D eigenvalue weighted by Crippen LogP contribution is 2.43. The lowest BCUT2D eigenvalue weighted by Crippen LogP contribution is -2.38. The SMILES string of the molecule is CC(C)(C)OC(=O)c1cc(C2CC2)c(CN2CCC(Oc3ccc(C(F)(F)F)cc3)CC2)cc1F. The molecule has 0 atom stereocenters. The van der Waals surface area contributed by atoms with Gasteiger partial charge in [-0.15, -0.1) is 0 Å². The van der Waals surface area contributed by atoms with Crippen LogP contribution < -0.4 is 4.74 Å². The topological polar surface area (TPSA) is 38.8 Å². The Morgan fingerprint density at radius 1 is 1.00 bits per heavy atom. The molecule has 0 spiro atoms. The number of carbonyl (C=O) groups is 1. The number of hydrogen-bond donors (Lipinski definition) is 0. The Labute approximate surface area is 203 Å². The van der Waals surface area contributed by atoms with E-state index < -0.39 is 29.1 Å². The Kier molecular flexibility index (Phi) is 7.13. The van der Waals surface area contributed by atoms with Crippen molar-refractivity contribution in [1.29, 1.82) is 0 Å². The van der Waals surface area contributed by atoms with E-state index >= 15 is 0 Å². The monoisotopic (exact) mass is 493 g/mol. The molecule has 0 aromatic heterocycles. The fourth-order valence-corrected chi connectivity index (χ4v) is 4.37. The Morgan fingerprint density at radius 3 is 2.17 bits per heavy atom. The maximum atomic E-state index is 14.9. The molecule has 190 valence electrons. The maximum absolute atomic E-state index is 14.9. The Hall–Kier alpha value is -2.61. The Morgan fingerprint density at radius 2 is 1.63 bits per heavy atom. The predicted octanol–water partition coefficient (Wildman–Crippen LogP) is 6.72. The number of nitrogens with zero attached hydrogens (tertiary/aromatic N) is 1. The number of carbonyl (C=O) groups excluding carboxylic acids is 1. The lowest BCUT2D eigenvalue weighted by atomic mass is 9.97. The van der Waals surface area contributed by atoms with Gasteiger partial charge in [0, 0.05) is 19.6 Å². The third kappa shape index (κ3) is 6.75. The molecule has 2 aromatic rings. The van der Waals surface area contributed by atoms with E-state index in [0.717, 1.165) is 62.0 Å². The first-order chi connectivity index (χ1) is 16.4. The number of alkyl halides is 3. The second-order valence-electron chi connectivity index (χ2n) is 10.4. The average molecular weight is 494 g/mol. The van der Waals surface area contributed by atoms with Gasteiger partial charge in [-0.05, 0) is 99.9 Å². The van der Waals surface area contributed by atoms with E-state index in [4.69, 9.17) is 9.47 Å². The van der Waals surface area contributed by atoms with Crippen LogP contribution in [0.25, 0.3) is 0 Å². The van der Waals surface area contributed by atoms with E-state index in [1.807, 2.05) is 0 Å². The third-order valence-electron chi connectivity index (χ3n) is 6.28. The van der Waals surface area contributed by atoms with Crippen molar-refractivity contribution >= 4 is 5.97 Å². The molecule has 1 aliphatic heterocycles. The Balaban J connectivity index is 1.37. The second-order valence-corrected chi connectivity index (χ2v) is 10.4. The highest BCUT2D eigenvalue weighted by Gasteiger charge is 2.32. The molecule has 8 heteroatoms. The van der Waals surface area contributed by atoms with E-state index in [1.54, 1.807) is 26.8 Å². The summed E-state index contributed by atoms with van der Waals surface area (Å²) in [6.45, 7) is 7.29. The molecular formula is C27H31F4NO3. The first kappa shape index (κ1) is 25.5. The first-order valence-electron chi connectivity index (χ1n) is 12.0. The number of hydrogen-bond acceptors (Lipinski definition) is 4. The summed E-state index contributed by atoms with van der Waals surface area (Å²) in [7, 11) is 0. The van der Waals surface area contributed by atoms with Gasteiger partial charge in [-0.1, -0.05) is 0 Å². The van der Waals surface area contributed by atoms with Crippen molar-refractivity contribution in [2.24, 2.45) is 0 Å². The van der Waals surface area contributed by atoms with Gasteiger partial charge in [0.2, 0.25) is 0 Å². The molecule has 1 saturated heterocycles. The normalized spacial score (nSPS) is 17.9. The van der Waals surface area contributed by atoms with Crippen LogP contribution in [0.15, 0.2) is 36.4 Å². The van der Waals surface area contributed by atoms with Crippen molar-refractivity contribution < 1.29 is 31.8 Å². The second kappa shape index (κ2) is 9.80. The van der Waals surface area contributed by atoms with Crippen LogP contribution >= 0.6 is 0 Å². The van der Waals surface area contributed by atoms with Crippen molar-refractivity contribution in [3.63, 3.8) is 0 Å². The molecule has 1 aliphatic carbocycles. The summed E-state index contributed by atoms with van der Waals surface area (Å²) < 4.78 is 64.4. The minimum atomic E-state index is -4.37. The highest BCUT2D eigenvalue weighted by atomic mass is 19.4. The third-order valence-corrected chi connectivity index (χ3v) is 6.28. The highest BCUT2D eigenvalue weighted by molar-refractivity contribution is 5.90. The fourth-order valence-electron chi connectivity index (χ4n) is 4.37. The van der Waals surface area contributed by atoms with E-state index in [-0.39, 0.29) is 11.7 Å². The van der Waals surface area contributed by atoms with Crippen molar-refractivity contribution in [2.75, 3.05) is 13.1 Å². The minimum absolute atomic E-state index is 0.0192. The molecule has 4 rings (SSSR count). The molecule has 2 aliphatic rings. The summed E-state index contributed by atoms with van der Waals surface area (Å²) in [6.07, 6.45) is -0.966. The summed E-state index contributed by atoms with van der Waals surface area (Å²) in [4.78, 5) is 14.7. The van der Waals surface area contributed by atoms with Crippen LogP contribution in [0.2, 0.25) is 0 Å². The quantitative estimate of drug-likeness (QED) is 0.331. The summed E-state index contributed by atoms with van der Waals surface area (Å²) in [5.74, 6) is -0.455. The summed E-state index contributed by atoms with van der Waals surface area (Å²) in [5, 5.41) is 0. The molecule has 0 N–H and O–H groups in total. The van der Waals surface area contributed by atoms with Crippen LogP contribution in [-0.2, 0) is 17.5 Å². The van der Waals surface area contributed by atoms with Crippen LogP contribution in [-0.4, -0.2) is 35.7 Å². The molecule has 0 bridgehead atoms. The van der Waals surface area contributed by atoms with E-state index in [1.165, 1.54) is 18.2 Å². The van der Waals surface area contributed by atoms with Crippen molar-refractivity contribution in [1.82, 2.24) is 4.90 Å². The fraction of sp³-hybridized carbons (Fsp3) is 0.519. The number of ether oxygens (including phenoxy) is 2. The van der Waals surface area contributed by atoms with Gasteiger partial charge in [0.1, 0.15) is 23.3 Å². The molecule has 0 radical (unpaired) electrons. The van der Waals surface area contributed by atoms with E-state index in [9.17, 15) is 22.4 Å². The summed E-state index contributed by atoms with van der Waals surface area (Å²) in [6, 6.07) is 7.89. The van der Waals surface area contributed by atoms with Crippen LogP contribution in [0.1, 0.15) is 79.4 Å². The van der Waals surface area contributed by atoms with Crippen molar-refractivity contribution in [3.05, 3.63) is 64.5 Å². The first-order valence-corrected chi connectivity index (χ1v) is 12.0. The van der Waals surface area contributed by atoms with E-state index in [0.29, 0.717) is 18.2 Å². The van der Waals surface area contributed by atoms with Crippen LogP contribution in [0.4, 0.5) is 17.6 Å². The number of esters is 1. The summed E-state index contributed by atoms with van der Waals surface area (Å²) in [5.41, 5.74) is 0.481. The molecule has 4 nitrogen and oxygen atoms in total. The van der Waals surface area contributed by atoms with Gasteiger partial charge < -0.3 is 9.47 Å². The van der Waals surface area contributed by atoms with Gasteiger partial charge in [-0.2, -0.15) is 13.2 Å². The van der Waals surface area contributed by atoms with Crippen molar-refractivity contribution in [2.45, 2.75) is 76.8 Å². The van der Waals surface area contributed by atoms with Crippen LogP contribution in [0.3, 0.4) is 0 Å². The molecule has 1 saturated carbocycles. The molecular weight excluding hydrogens is 462 g/mol. The average Bonchev–Trinajstić information content (AvgIpc) is 3.59. The Bertz CT molecular complexity index is 1050. The van der Waals surface area contributed by atoms with Crippen LogP contribution in [0, 0.1) is 5.82 Å². The lowest BCUT2D eigenvalue weighted by Gasteiger charge is -2.32. The molecule has 0 amide bonds. The molecule has 2 fully saturated rings. The standard InChI is InChI=1S/C27H31F4NO3/c1-26(2,3)35-25(33)23-15-22(17-4-5-17)18(14-24(23)28)16-32-12-10-21(11-13-32)34-20-8-6-19(7-9-20)27(29,30)31/h6-9,14-15,17,21H,4-5,10-13,16H2,1-3H3. The minimum Gasteiger partial charge on any atom is -0.490 e. The van der Waals surface area contributed by atoms with Gasteiger partial charge in [0.15, 0.2) is 0 Å². The van der Waals surface area contributed by atoms with Crippen molar-refractivity contribution in [3.8, 4) is 5.75 Å². The zero-order valence-electron chi connectivity index (χ0n) is 20.3. The number of benzene rings is 2. The van der Waals surface area contributed by atoms with Gasteiger partial charge in [-0.25, -0.2) is 9.18 Å². The lowest BCUT2D eigenvalue weighted by molar-refractivity contribution is -0.137. The summed E-state index contributed by atoms with van der Waals surface area (Å²) >= 11 is 0. The number of rotatable bonds is 6. The number of likely N-dealkylation sites (tertiary alicyclic amines) is 1. The zero-order chi connectivity index (χ0) is 25.4. The van der Waals surface area contributed by atoms with Crippen LogP contribution in [0.5, 0.6) is 5.75 Å². The smallest absolute Gasteiger partial charge is 0.416 e. The molecule has 35 heavy (non-hydrogen) atoms. The van der Waals surface area contributed by atoms with Gasteiger partial charge >= 0.3 is 12.1 Å². The van der Waals surface area contributed by atoms with Gasteiger partial charge in [0.05, 0.1) is 11.1 Å². The zero-order valence-corrected chi connectivity index (χ0v) is 20.3. The van der Waals surface area contributed by atoms with E-state index in [2.05, 4.69) is 4.90 Å². The van der Waals surface area contributed by atoms with Gasteiger partial charge in [-0.3, -0.25) is 4.90 Å². The maximum Gasteiger partial charge on any atom is 0.416 e. The molecule has 1 heterocycles. The predicted molar refractivity (Wildman–Crippen MR) is 124 cm³/mol. The molecule has 2 aromatic carbocycles.